The Morgan fingerprint density at radius 3 is 2.78 bits per heavy atom. The molecule has 4 atom stereocenters. The second-order valence-electron chi connectivity index (χ2n) is 7.65. The van der Waals surface area contributed by atoms with Crippen LogP contribution >= 0.6 is 11.8 Å². The van der Waals surface area contributed by atoms with Crippen LogP contribution in [0.2, 0.25) is 0 Å². The van der Waals surface area contributed by atoms with Gasteiger partial charge in [0.05, 0.1) is 0 Å². The van der Waals surface area contributed by atoms with E-state index in [0.717, 1.165) is 43.4 Å². The number of ketones is 1. The van der Waals surface area contributed by atoms with Gasteiger partial charge < -0.3 is 0 Å². The molecule has 0 amide bonds. The number of carbonyl (C=O) groups excluding carboxylic acids is 1. The van der Waals surface area contributed by atoms with E-state index in [1.165, 1.54) is 11.1 Å². The van der Waals surface area contributed by atoms with Gasteiger partial charge in [-0.15, -0.1) is 16.7 Å². The molecule has 4 unspecified atom stereocenters. The number of Topliss-reactive ketones (excluding diaryl/α,β-unsaturated/α-hetero) is 1. The standard InChI is InChI=1S/C19H23NO2S/c1-19-8-7-12-13(15(19)5-6-18(19)21)4-3-11-9-16(20-22)17(23-2)10-14(11)12/h9-10,12-13,15H,3-8H2,1-2H3. The average Bonchev–Trinajstić information content (AvgIpc) is 2.88. The monoisotopic (exact) mass is 329 g/mol. The van der Waals surface area contributed by atoms with Crippen LogP contribution in [0.5, 0.6) is 0 Å². The molecular formula is C19H23NO2S. The first-order valence-corrected chi connectivity index (χ1v) is 9.88. The molecule has 1 aromatic carbocycles. The molecule has 0 spiro atoms. The van der Waals surface area contributed by atoms with Crippen LogP contribution in [0.4, 0.5) is 5.69 Å². The molecule has 0 aromatic heterocycles. The fourth-order valence-electron chi connectivity index (χ4n) is 5.59. The van der Waals surface area contributed by atoms with E-state index in [1.54, 1.807) is 11.8 Å². The summed E-state index contributed by atoms with van der Waals surface area (Å²) in [5.41, 5.74) is 3.27. The summed E-state index contributed by atoms with van der Waals surface area (Å²) in [5, 5.41) is 3.21. The van der Waals surface area contributed by atoms with Crippen molar-refractivity contribution in [2.24, 2.45) is 22.4 Å². The molecule has 4 rings (SSSR count). The summed E-state index contributed by atoms with van der Waals surface area (Å²) >= 11 is 1.60. The van der Waals surface area contributed by atoms with E-state index in [9.17, 15) is 9.70 Å². The predicted molar refractivity (Wildman–Crippen MR) is 93.3 cm³/mol. The summed E-state index contributed by atoms with van der Waals surface area (Å²) in [7, 11) is 0. The maximum absolute atomic E-state index is 12.4. The van der Waals surface area contributed by atoms with E-state index in [1.807, 2.05) is 12.3 Å². The number of hydrogen-bond acceptors (Lipinski definition) is 4. The Balaban J connectivity index is 1.75. The van der Waals surface area contributed by atoms with Gasteiger partial charge in [0.1, 0.15) is 11.5 Å². The first-order chi connectivity index (χ1) is 11.1. The van der Waals surface area contributed by atoms with Crippen LogP contribution in [0.15, 0.2) is 22.2 Å². The van der Waals surface area contributed by atoms with E-state index in [-0.39, 0.29) is 5.41 Å². The molecule has 0 heterocycles. The van der Waals surface area contributed by atoms with E-state index < -0.39 is 0 Å². The number of fused-ring (bicyclic) bond motifs is 5. The van der Waals surface area contributed by atoms with Crippen molar-refractivity contribution in [1.29, 1.82) is 0 Å². The van der Waals surface area contributed by atoms with Crippen LogP contribution in [-0.2, 0) is 11.2 Å². The van der Waals surface area contributed by atoms with E-state index in [0.29, 0.717) is 29.2 Å². The van der Waals surface area contributed by atoms with Crippen molar-refractivity contribution in [3.05, 3.63) is 28.2 Å². The first kappa shape index (κ1) is 15.4. The van der Waals surface area contributed by atoms with Crippen LogP contribution in [-0.4, -0.2) is 12.0 Å². The maximum atomic E-state index is 12.4. The van der Waals surface area contributed by atoms with E-state index in [4.69, 9.17) is 0 Å². The van der Waals surface area contributed by atoms with Crippen LogP contribution in [0.3, 0.4) is 0 Å². The van der Waals surface area contributed by atoms with Crippen molar-refractivity contribution < 1.29 is 4.79 Å². The molecule has 0 radical (unpaired) electrons. The summed E-state index contributed by atoms with van der Waals surface area (Å²) in [5.74, 6) is 2.26. The summed E-state index contributed by atoms with van der Waals surface area (Å²) in [6, 6.07) is 4.23. The van der Waals surface area contributed by atoms with Crippen molar-refractivity contribution in [3.63, 3.8) is 0 Å². The molecule has 1 aromatic rings. The van der Waals surface area contributed by atoms with Gasteiger partial charge in [0, 0.05) is 16.7 Å². The molecule has 4 heteroatoms. The summed E-state index contributed by atoms with van der Waals surface area (Å²) in [4.78, 5) is 24.5. The zero-order valence-corrected chi connectivity index (χ0v) is 14.6. The Bertz CT molecular complexity index is 686. The highest BCUT2D eigenvalue weighted by molar-refractivity contribution is 7.98. The molecular weight excluding hydrogens is 306 g/mol. The van der Waals surface area contributed by atoms with Gasteiger partial charge in [-0.1, -0.05) is 6.92 Å². The Hall–Kier alpha value is -1.16. The summed E-state index contributed by atoms with van der Waals surface area (Å²) in [6.07, 6.45) is 8.18. The number of nitroso groups, excluding NO2 is 1. The number of aryl methyl sites for hydroxylation is 1. The highest BCUT2D eigenvalue weighted by Gasteiger charge is 2.54. The minimum Gasteiger partial charge on any atom is -0.299 e. The quantitative estimate of drug-likeness (QED) is 0.551. The molecule has 3 aliphatic carbocycles. The Kier molecular flexibility index (Phi) is 3.63. The maximum Gasteiger partial charge on any atom is 0.139 e. The SMILES string of the molecule is CSc1cc2c(cc1N=O)CCC1C2CCC2(C)C(=O)CCC12. The molecule has 0 saturated heterocycles. The minimum atomic E-state index is -0.0642. The van der Waals surface area contributed by atoms with Gasteiger partial charge in [-0.05, 0) is 84.6 Å². The lowest BCUT2D eigenvalue weighted by Gasteiger charge is -2.48. The van der Waals surface area contributed by atoms with Crippen LogP contribution in [0.1, 0.15) is 56.1 Å². The minimum absolute atomic E-state index is 0.0642. The normalized spacial score (nSPS) is 35.4. The highest BCUT2D eigenvalue weighted by Crippen LogP contribution is 2.59. The third kappa shape index (κ3) is 2.14. The van der Waals surface area contributed by atoms with Gasteiger partial charge in [-0.2, -0.15) is 0 Å². The van der Waals surface area contributed by atoms with Gasteiger partial charge in [-0.3, -0.25) is 4.79 Å². The number of nitrogens with zero attached hydrogens (tertiary/aromatic N) is 1. The highest BCUT2D eigenvalue weighted by atomic mass is 32.2. The molecule has 122 valence electrons. The van der Waals surface area contributed by atoms with Crippen molar-refractivity contribution in [1.82, 2.24) is 0 Å². The van der Waals surface area contributed by atoms with Crippen molar-refractivity contribution >= 4 is 23.2 Å². The number of rotatable bonds is 2. The lowest BCUT2D eigenvalue weighted by atomic mass is 9.55. The molecule has 0 N–H and O–H groups in total. The fraction of sp³-hybridized carbons (Fsp3) is 0.632. The molecule has 0 bridgehead atoms. The number of thioether (sulfide) groups is 1. The molecule has 2 fully saturated rings. The van der Waals surface area contributed by atoms with Gasteiger partial charge in [0.2, 0.25) is 0 Å². The van der Waals surface area contributed by atoms with Gasteiger partial charge in [-0.25, -0.2) is 0 Å². The number of benzene rings is 1. The van der Waals surface area contributed by atoms with E-state index >= 15 is 0 Å². The Morgan fingerprint density at radius 2 is 2.04 bits per heavy atom. The second-order valence-corrected chi connectivity index (χ2v) is 8.50. The van der Waals surface area contributed by atoms with Gasteiger partial charge in [0.15, 0.2) is 0 Å². The number of hydrogen-bond donors (Lipinski definition) is 0. The Morgan fingerprint density at radius 1 is 1.22 bits per heavy atom. The summed E-state index contributed by atoms with van der Waals surface area (Å²) in [6.45, 7) is 2.21. The van der Waals surface area contributed by atoms with Crippen LogP contribution in [0, 0.1) is 22.2 Å². The molecule has 2 saturated carbocycles. The largest absolute Gasteiger partial charge is 0.299 e. The smallest absolute Gasteiger partial charge is 0.139 e. The third-order valence-electron chi connectivity index (χ3n) is 6.83. The molecule has 23 heavy (non-hydrogen) atoms. The lowest BCUT2D eigenvalue weighted by Crippen LogP contribution is -2.42. The first-order valence-electron chi connectivity index (χ1n) is 8.66. The van der Waals surface area contributed by atoms with Crippen molar-refractivity contribution in [3.8, 4) is 0 Å². The van der Waals surface area contributed by atoms with Crippen molar-refractivity contribution in [2.45, 2.75) is 56.3 Å². The fourth-order valence-corrected chi connectivity index (χ4v) is 6.14. The zero-order chi connectivity index (χ0) is 16.2. The molecule has 3 aliphatic rings. The molecule has 0 aliphatic heterocycles. The zero-order valence-electron chi connectivity index (χ0n) is 13.8. The lowest BCUT2D eigenvalue weighted by molar-refractivity contribution is -0.129. The average molecular weight is 329 g/mol. The van der Waals surface area contributed by atoms with Gasteiger partial charge >= 0.3 is 0 Å². The predicted octanol–water partition coefficient (Wildman–Crippen LogP) is 5.23. The third-order valence-corrected chi connectivity index (χ3v) is 7.60. The Labute approximate surface area is 141 Å². The topological polar surface area (TPSA) is 46.5 Å². The van der Waals surface area contributed by atoms with Crippen LogP contribution in [0.25, 0.3) is 0 Å². The van der Waals surface area contributed by atoms with Crippen molar-refractivity contribution in [2.75, 3.05) is 6.26 Å². The summed E-state index contributed by atoms with van der Waals surface area (Å²) < 4.78 is 0. The second kappa shape index (κ2) is 5.44. The molecule has 3 nitrogen and oxygen atoms in total. The van der Waals surface area contributed by atoms with E-state index in [2.05, 4.69) is 18.2 Å². The number of carbonyl (C=O) groups is 1. The van der Waals surface area contributed by atoms with Crippen LogP contribution < -0.4 is 0 Å². The van der Waals surface area contributed by atoms with Gasteiger partial charge in [0.25, 0.3) is 0 Å².